The molecule has 7 heteroatoms. The number of hydrogen-bond acceptors (Lipinski definition) is 4. The Labute approximate surface area is 122 Å². The van der Waals surface area contributed by atoms with Crippen LogP contribution in [0.1, 0.15) is 11.1 Å². The van der Waals surface area contributed by atoms with Gasteiger partial charge in [0.15, 0.2) is 0 Å². The van der Waals surface area contributed by atoms with Crippen LogP contribution in [0.25, 0.3) is 0 Å². The second kappa shape index (κ2) is 6.21. The molecule has 4 N–H and O–H groups in total. The molecule has 0 bridgehead atoms. The fraction of sp³-hybridized carbons (Fsp3) is 0.143. The van der Waals surface area contributed by atoms with Crippen LogP contribution in [0.15, 0.2) is 47.4 Å². The molecule has 0 aliphatic heterocycles. The van der Waals surface area contributed by atoms with Crippen molar-refractivity contribution in [3.63, 3.8) is 0 Å². The molecule has 0 amide bonds. The van der Waals surface area contributed by atoms with Crippen molar-refractivity contribution in [1.29, 1.82) is 0 Å². The van der Waals surface area contributed by atoms with Gasteiger partial charge in [0.2, 0.25) is 10.0 Å². The summed E-state index contributed by atoms with van der Waals surface area (Å²) in [6.07, 6.45) is 0. The standard InChI is InChI=1S/C14H15FN2O3S/c15-13-5-4-12(16)7-14(13)21(19,20)17-8-10-2-1-3-11(6-10)9-18/h1-7,17-18H,8-9,16H2. The SMILES string of the molecule is Nc1ccc(F)c(S(=O)(=O)NCc2cccc(CO)c2)c1. The average Bonchev–Trinajstić information content (AvgIpc) is 2.48. The largest absolute Gasteiger partial charge is 0.399 e. The van der Waals surface area contributed by atoms with Gasteiger partial charge < -0.3 is 10.8 Å². The maximum absolute atomic E-state index is 13.6. The molecule has 0 aliphatic carbocycles. The lowest BCUT2D eigenvalue weighted by atomic mass is 10.1. The van der Waals surface area contributed by atoms with E-state index in [9.17, 15) is 12.8 Å². The Hall–Kier alpha value is -1.96. The Balaban J connectivity index is 2.19. The van der Waals surface area contributed by atoms with Crippen LogP contribution in [-0.2, 0) is 23.2 Å². The van der Waals surface area contributed by atoms with Gasteiger partial charge >= 0.3 is 0 Å². The van der Waals surface area contributed by atoms with Crippen LogP contribution in [0.5, 0.6) is 0 Å². The predicted molar refractivity (Wildman–Crippen MR) is 77.2 cm³/mol. The molecule has 0 aromatic heterocycles. The van der Waals surface area contributed by atoms with Gasteiger partial charge in [0.1, 0.15) is 10.7 Å². The molecule has 0 fully saturated rings. The highest BCUT2D eigenvalue weighted by atomic mass is 32.2. The predicted octanol–water partition coefficient (Wildman–Crippen LogP) is 1.38. The maximum Gasteiger partial charge on any atom is 0.243 e. The summed E-state index contributed by atoms with van der Waals surface area (Å²) in [5.41, 5.74) is 6.98. The quantitative estimate of drug-likeness (QED) is 0.727. The van der Waals surface area contributed by atoms with Crippen molar-refractivity contribution in [2.75, 3.05) is 5.73 Å². The molecule has 0 saturated heterocycles. The first kappa shape index (κ1) is 15.4. The molecule has 0 heterocycles. The number of sulfonamides is 1. The zero-order chi connectivity index (χ0) is 15.5. The highest BCUT2D eigenvalue weighted by Gasteiger charge is 2.19. The van der Waals surface area contributed by atoms with Crippen molar-refractivity contribution >= 4 is 15.7 Å². The second-order valence-electron chi connectivity index (χ2n) is 4.49. The minimum Gasteiger partial charge on any atom is -0.399 e. The average molecular weight is 310 g/mol. The number of nitrogen functional groups attached to an aromatic ring is 1. The van der Waals surface area contributed by atoms with Gasteiger partial charge in [-0.05, 0) is 29.3 Å². The number of benzene rings is 2. The Bertz CT molecular complexity index is 748. The fourth-order valence-corrected chi connectivity index (χ4v) is 2.95. The summed E-state index contributed by atoms with van der Waals surface area (Å²) in [5, 5.41) is 9.03. The molecule has 0 atom stereocenters. The zero-order valence-electron chi connectivity index (χ0n) is 11.1. The Morgan fingerprint density at radius 1 is 1.14 bits per heavy atom. The van der Waals surface area contributed by atoms with Gasteiger partial charge in [0.05, 0.1) is 6.61 Å². The first-order valence-corrected chi connectivity index (χ1v) is 7.64. The van der Waals surface area contributed by atoms with Crippen molar-refractivity contribution in [3.05, 3.63) is 59.4 Å². The molecule has 2 rings (SSSR count). The van der Waals surface area contributed by atoms with Gasteiger partial charge in [-0.15, -0.1) is 0 Å². The smallest absolute Gasteiger partial charge is 0.243 e. The van der Waals surface area contributed by atoms with Crippen molar-refractivity contribution in [1.82, 2.24) is 4.72 Å². The van der Waals surface area contributed by atoms with Crippen LogP contribution >= 0.6 is 0 Å². The van der Waals surface area contributed by atoms with E-state index < -0.39 is 20.7 Å². The van der Waals surface area contributed by atoms with Crippen LogP contribution in [0.2, 0.25) is 0 Å². The molecule has 112 valence electrons. The number of rotatable bonds is 5. The Morgan fingerprint density at radius 2 is 1.86 bits per heavy atom. The minimum atomic E-state index is -4.00. The van der Waals surface area contributed by atoms with Gasteiger partial charge in [-0.25, -0.2) is 17.5 Å². The molecular formula is C14H15FN2O3S. The molecule has 21 heavy (non-hydrogen) atoms. The second-order valence-corrected chi connectivity index (χ2v) is 6.23. The van der Waals surface area contributed by atoms with Crippen LogP contribution < -0.4 is 10.5 Å². The third-order valence-corrected chi connectivity index (χ3v) is 4.30. The molecule has 0 aliphatic rings. The van der Waals surface area contributed by atoms with Gasteiger partial charge in [-0.3, -0.25) is 0 Å². The van der Waals surface area contributed by atoms with E-state index in [1.165, 1.54) is 6.07 Å². The number of nitrogens with two attached hydrogens (primary N) is 1. The third kappa shape index (κ3) is 3.78. The summed E-state index contributed by atoms with van der Waals surface area (Å²) in [6.45, 7) is -0.144. The van der Waals surface area contributed by atoms with E-state index in [4.69, 9.17) is 10.8 Å². The lowest BCUT2D eigenvalue weighted by Crippen LogP contribution is -2.24. The van der Waals surface area contributed by atoms with Gasteiger partial charge in [-0.1, -0.05) is 24.3 Å². The van der Waals surface area contributed by atoms with Crippen LogP contribution in [0.4, 0.5) is 10.1 Å². The minimum absolute atomic E-state index is 0.00951. The number of aliphatic hydroxyl groups is 1. The number of halogens is 1. The third-order valence-electron chi connectivity index (χ3n) is 2.89. The first-order chi connectivity index (χ1) is 9.92. The summed E-state index contributed by atoms with van der Waals surface area (Å²) in [5.74, 6) is -0.860. The van der Waals surface area contributed by atoms with Crippen LogP contribution in [0.3, 0.4) is 0 Å². The van der Waals surface area contributed by atoms with E-state index in [-0.39, 0.29) is 18.8 Å². The number of anilines is 1. The van der Waals surface area contributed by atoms with Crippen molar-refractivity contribution in [2.45, 2.75) is 18.0 Å². The van der Waals surface area contributed by atoms with E-state index in [1.54, 1.807) is 24.3 Å². The lowest BCUT2D eigenvalue weighted by Gasteiger charge is -2.09. The topological polar surface area (TPSA) is 92.4 Å². The molecule has 0 unspecified atom stereocenters. The molecule has 5 nitrogen and oxygen atoms in total. The Morgan fingerprint density at radius 3 is 2.57 bits per heavy atom. The molecule has 2 aromatic carbocycles. The van der Waals surface area contributed by atoms with Crippen molar-refractivity contribution in [2.24, 2.45) is 0 Å². The van der Waals surface area contributed by atoms with Crippen LogP contribution in [-0.4, -0.2) is 13.5 Å². The fourth-order valence-electron chi connectivity index (χ4n) is 1.82. The highest BCUT2D eigenvalue weighted by Crippen LogP contribution is 2.18. The summed E-state index contributed by atoms with van der Waals surface area (Å²) >= 11 is 0. The molecule has 0 saturated carbocycles. The van der Waals surface area contributed by atoms with E-state index in [0.29, 0.717) is 11.1 Å². The molecule has 0 radical (unpaired) electrons. The summed E-state index contributed by atoms with van der Waals surface area (Å²) in [4.78, 5) is -0.485. The molecule has 0 spiro atoms. The van der Waals surface area contributed by atoms with Gasteiger partial charge in [0, 0.05) is 12.2 Å². The van der Waals surface area contributed by atoms with Crippen LogP contribution in [0, 0.1) is 5.82 Å². The zero-order valence-corrected chi connectivity index (χ0v) is 11.9. The monoisotopic (exact) mass is 310 g/mol. The number of hydrogen-bond donors (Lipinski definition) is 3. The highest BCUT2D eigenvalue weighted by molar-refractivity contribution is 7.89. The molecule has 2 aromatic rings. The first-order valence-electron chi connectivity index (χ1n) is 6.16. The van der Waals surface area contributed by atoms with E-state index >= 15 is 0 Å². The number of aliphatic hydroxyl groups excluding tert-OH is 1. The number of nitrogens with one attached hydrogen (secondary N) is 1. The Kier molecular flexibility index (Phi) is 4.56. The summed E-state index contributed by atoms with van der Waals surface area (Å²) in [6, 6.07) is 10.2. The normalized spacial score (nSPS) is 11.5. The van der Waals surface area contributed by atoms with Gasteiger partial charge in [0.25, 0.3) is 0 Å². The lowest BCUT2D eigenvalue weighted by molar-refractivity contribution is 0.281. The van der Waals surface area contributed by atoms with Crippen molar-refractivity contribution < 1.29 is 17.9 Å². The summed E-state index contributed by atoms with van der Waals surface area (Å²) in [7, 11) is -4.00. The maximum atomic E-state index is 13.6. The summed E-state index contributed by atoms with van der Waals surface area (Å²) < 4.78 is 40.1. The van der Waals surface area contributed by atoms with Crippen molar-refractivity contribution in [3.8, 4) is 0 Å². The van der Waals surface area contributed by atoms with E-state index in [0.717, 1.165) is 12.1 Å². The van der Waals surface area contributed by atoms with Gasteiger partial charge in [-0.2, -0.15) is 0 Å². The molecular weight excluding hydrogens is 295 g/mol. The van der Waals surface area contributed by atoms with E-state index in [1.807, 2.05) is 0 Å². The van der Waals surface area contributed by atoms with E-state index in [2.05, 4.69) is 4.72 Å².